The molecule has 0 spiro atoms. The highest BCUT2D eigenvalue weighted by Gasteiger charge is 2.08. The zero-order chi connectivity index (χ0) is 15.8. The van der Waals surface area contributed by atoms with Gasteiger partial charge in [-0.3, -0.25) is 9.59 Å². The Hall–Kier alpha value is -2.04. The maximum absolute atomic E-state index is 11.6. The predicted octanol–water partition coefficient (Wildman–Crippen LogP) is 2.18. The van der Waals surface area contributed by atoms with Crippen LogP contribution in [0.25, 0.3) is 0 Å². The van der Waals surface area contributed by atoms with Crippen LogP contribution in [0.4, 0.5) is 0 Å². The van der Waals surface area contributed by atoms with Crippen LogP contribution < -0.4 is 10.1 Å². The fourth-order valence-electron chi connectivity index (χ4n) is 1.73. The van der Waals surface area contributed by atoms with E-state index in [9.17, 15) is 9.59 Å². The summed E-state index contributed by atoms with van der Waals surface area (Å²) in [6, 6.07) is 6.00. The van der Waals surface area contributed by atoms with Crippen molar-refractivity contribution in [3.8, 4) is 5.75 Å². The number of hydrogen-bond donors (Lipinski definition) is 1. The quantitative estimate of drug-likeness (QED) is 0.783. The number of aryl methyl sites for hydroxylation is 1. The van der Waals surface area contributed by atoms with Crippen LogP contribution in [0.2, 0.25) is 0 Å². The molecule has 5 nitrogen and oxygen atoms in total. The lowest BCUT2D eigenvalue weighted by Crippen LogP contribution is -2.31. The zero-order valence-corrected chi connectivity index (χ0v) is 13.1. The molecule has 1 aromatic carbocycles. The van der Waals surface area contributed by atoms with Crippen molar-refractivity contribution in [1.82, 2.24) is 5.32 Å². The first kappa shape index (κ1) is 17.0. The van der Waals surface area contributed by atoms with Crippen molar-refractivity contribution >= 4 is 11.9 Å². The van der Waals surface area contributed by atoms with E-state index in [2.05, 4.69) is 30.0 Å². The molecule has 21 heavy (non-hydrogen) atoms. The highest BCUT2D eigenvalue weighted by atomic mass is 16.5. The average molecular weight is 293 g/mol. The number of methoxy groups -OCH3 is 1. The summed E-state index contributed by atoms with van der Waals surface area (Å²) in [6.07, 6.45) is 0.157. The van der Waals surface area contributed by atoms with Crippen molar-refractivity contribution in [3.05, 3.63) is 29.3 Å². The first-order chi connectivity index (χ1) is 9.93. The Morgan fingerprint density at radius 2 is 2.00 bits per heavy atom. The maximum Gasteiger partial charge on any atom is 0.307 e. The first-order valence-corrected chi connectivity index (χ1v) is 7.01. The minimum Gasteiger partial charge on any atom is -0.483 e. The van der Waals surface area contributed by atoms with Crippen molar-refractivity contribution in [3.63, 3.8) is 0 Å². The van der Waals surface area contributed by atoms with Crippen molar-refractivity contribution < 1.29 is 19.1 Å². The standard InChI is InChI=1S/C16H23NO4/c1-11(2)13-6-5-12(3)14(9-13)21-10-15(18)17-8-7-16(19)20-4/h5-6,9,11H,7-8,10H2,1-4H3,(H,17,18). The van der Waals surface area contributed by atoms with Crippen molar-refractivity contribution in [2.45, 2.75) is 33.1 Å². The van der Waals surface area contributed by atoms with E-state index in [0.717, 1.165) is 5.56 Å². The Morgan fingerprint density at radius 3 is 2.62 bits per heavy atom. The van der Waals surface area contributed by atoms with Gasteiger partial charge in [-0.05, 0) is 30.0 Å². The van der Waals surface area contributed by atoms with Gasteiger partial charge in [0.15, 0.2) is 6.61 Å². The Morgan fingerprint density at radius 1 is 1.29 bits per heavy atom. The van der Waals surface area contributed by atoms with E-state index in [1.54, 1.807) is 0 Å². The molecule has 0 bridgehead atoms. The number of ether oxygens (including phenoxy) is 2. The Labute approximate surface area is 125 Å². The highest BCUT2D eigenvalue weighted by molar-refractivity contribution is 5.78. The van der Waals surface area contributed by atoms with E-state index in [0.29, 0.717) is 11.7 Å². The number of carbonyl (C=O) groups is 2. The summed E-state index contributed by atoms with van der Waals surface area (Å²) in [5.41, 5.74) is 2.16. The Bertz CT molecular complexity index is 497. The fourth-order valence-corrected chi connectivity index (χ4v) is 1.73. The molecule has 0 saturated carbocycles. The fraction of sp³-hybridized carbons (Fsp3) is 0.500. The molecule has 0 fully saturated rings. The van der Waals surface area contributed by atoms with Crippen LogP contribution in [0, 0.1) is 6.92 Å². The normalized spacial score (nSPS) is 10.3. The molecule has 0 heterocycles. The van der Waals surface area contributed by atoms with Gasteiger partial charge in [0.1, 0.15) is 5.75 Å². The molecule has 1 aromatic rings. The van der Waals surface area contributed by atoms with Crippen LogP contribution in [-0.2, 0) is 14.3 Å². The summed E-state index contributed by atoms with van der Waals surface area (Å²) >= 11 is 0. The number of amides is 1. The Balaban J connectivity index is 2.45. The van der Waals surface area contributed by atoms with Gasteiger partial charge in [-0.2, -0.15) is 0 Å². The minimum atomic E-state index is -0.350. The van der Waals surface area contributed by atoms with Gasteiger partial charge >= 0.3 is 5.97 Å². The number of nitrogens with one attached hydrogen (secondary N) is 1. The van der Waals surface area contributed by atoms with Gasteiger partial charge < -0.3 is 14.8 Å². The SMILES string of the molecule is COC(=O)CCNC(=O)COc1cc(C(C)C)ccc1C. The molecule has 0 atom stereocenters. The van der Waals surface area contributed by atoms with Crippen LogP contribution in [0.1, 0.15) is 37.3 Å². The average Bonchev–Trinajstić information content (AvgIpc) is 2.45. The summed E-state index contributed by atoms with van der Waals surface area (Å²) < 4.78 is 10.0. The third-order valence-electron chi connectivity index (χ3n) is 3.12. The second-order valence-electron chi connectivity index (χ2n) is 5.14. The van der Waals surface area contributed by atoms with Gasteiger partial charge in [-0.25, -0.2) is 0 Å². The highest BCUT2D eigenvalue weighted by Crippen LogP contribution is 2.24. The molecule has 0 radical (unpaired) electrons. The summed E-state index contributed by atoms with van der Waals surface area (Å²) in [4.78, 5) is 22.5. The summed E-state index contributed by atoms with van der Waals surface area (Å²) in [5.74, 6) is 0.510. The summed E-state index contributed by atoms with van der Waals surface area (Å²) in [7, 11) is 1.32. The lowest BCUT2D eigenvalue weighted by atomic mass is 10.0. The molecule has 116 valence electrons. The van der Waals surface area contributed by atoms with Crippen molar-refractivity contribution in [1.29, 1.82) is 0 Å². The molecule has 1 rings (SSSR count). The van der Waals surface area contributed by atoms with Crippen LogP contribution in [0.5, 0.6) is 5.75 Å². The lowest BCUT2D eigenvalue weighted by molar-refractivity contribution is -0.140. The van der Waals surface area contributed by atoms with Gasteiger partial charge in [0.25, 0.3) is 5.91 Å². The van der Waals surface area contributed by atoms with Crippen LogP contribution in [0.15, 0.2) is 18.2 Å². The van der Waals surface area contributed by atoms with Crippen molar-refractivity contribution in [2.75, 3.05) is 20.3 Å². The van der Waals surface area contributed by atoms with Gasteiger partial charge in [0, 0.05) is 6.54 Å². The van der Waals surface area contributed by atoms with E-state index >= 15 is 0 Å². The predicted molar refractivity (Wildman–Crippen MR) is 80.4 cm³/mol. The van der Waals surface area contributed by atoms with Crippen LogP contribution in [-0.4, -0.2) is 32.1 Å². The van der Waals surface area contributed by atoms with Crippen LogP contribution in [0.3, 0.4) is 0 Å². The number of rotatable bonds is 7. The smallest absolute Gasteiger partial charge is 0.307 e. The van der Waals surface area contributed by atoms with E-state index in [-0.39, 0.29) is 31.4 Å². The first-order valence-electron chi connectivity index (χ1n) is 7.01. The monoisotopic (exact) mass is 293 g/mol. The summed E-state index contributed by atoms with van der Waals surface area (Å²) in [5, 5.41) is 2.61. The molecule has 1 amide bonds. The van der Waals surface area contributed by atoms with Crippen molar-refractivity contribution in [2.24, 2.45) is 0 Å². The molecular formula is C16H23NO4. The Kier molecular flexibility index (Phi) is 6.72. The topological polar surface area (TPSA) is 64.6 Å². The third kappa shape index (κ3) is 5.85. The number of carbonyl (C=O) groups excluding carboxylic acids is 2. The molecule has 0 unspecified atom stereocenters. The molecule has 0 saturated heterocycles. The molecule has 1 N–H and O–H groups in total. The second-order valence-corrected chi connectivity index (χ2v) is 5.14. The molecule has 0 aliphatic carbocycles. The second kappa shape index (κ2) is 8.29. The van der Waals surface area contributed by atoms with E-state index in [4.69, 9.17) is 4.74 Å². The van der Waals surface area contributed by atoms with E-state index in [1.807, 2.05) is 19.1 Å². The van der Waals surface area contributed by atoms with Gasteiger partial charge in [0.05, 0.1) is 13.5 Å². The maximum atomic E-state index is 11.6. The van der Waals surface area contributed by atoms with Crippen LogP contribution >= 0.6 is 0 Å². The zero-order valence-electron chi connectivity index (χ0n) is 13.1. The number of esters is 1. The molecule has 0 aliphatic heterocycles. The lowest BCUT2D eigenvalue weighted by Gasteiger charge is -2.12. The molecule has 5 heteroatoms. The summed E-state index contributed by atoms with van der Waals surface area (Å²) in [6.45, 7) is 6.33. The van der Waals surface area contributed by atoms with Gasteiger partial charge in [-0.1, -0.05) is 26.0 Å². The molecule has 0 aliphatic rings. The molecule has 0 aromatic heterocycles. The third-order valence-corrected chi connectivity index (χ3v) is 3.12. The number of hydrogen-bond acceptors (Lipinski definition) is 4. The van der Waals surface area contributed by atoms with E-state index < -0.39 is 0 Å². The minimum absolute atomic E-state index is 0.0659. The van der Waals surface area contributed by atoms with E-state index in [1.165, 1.54) is 12.7 Å². The van der Waals surface area contributed by atoms with Gasteiger partial charge in [-0.15, -0.1) is 0 Å². The largest absolute Gasteiger partial charge is 0.483 e. The molecular weight excluding hydrogens is 270 g/mol. The number of benzene rings is 1. The van der Waals surface area contributed by atoms with Gasteiger partial charge in [0.2, 0.25) is 0 Å².